The van der Waals surface area contributed by atoms with Crippen molar-refractivity contribution in [2.45, 2.75) is 24.9 Å². The second-order valence-electron chi connectivity index (χ2n) is 4.28. The number of aryl methyl sites for hydroxylation is 1. The first-order valence-corrected chi connectivity index (χ1v) is 7.72. The van der Waals surface area contributed by atoms with Crippen molar-refractivity contribution >= 4 is 29.0 Å². The average Bonchev–Trinajstić information content (AvgIpc) is 2.87. The maximum absolute atomic E-state index is 11.8. The Morgan fingerprint density at radius 1 is 1.56 bits per heavy atom. The normalized spacial score (nSPS) is 23.6. The van der Waals surface area contributed by atoms with Crippen LogP contribution >= 0.6 is 23.1 Å². The van der Waals surface area contributed by atoms with Gasteiger partial charge in [0.25, 0.3) is 0 Å². The lowest BCUT2D eigenvalue weighted by molar-refractivity contribution is -0.127. The number of aromatic nitrogens is 1. The van der Waals surface area contributed by atoms with Crippen LogP contribution in [0.3, 0.4) is 0 Å². The maximum atomic E-state index is 11.8. The molecule has 2 atom stereocenters. The third-order valence-corrected chi connectivity index (χ3v) is 4.53. The molecule has 0 saturated carbocycles. The average molecular weight is 288 g/mol. The first kappa shape index (κ1) is 13.8. The summed E-state index contributed by atoms with van der Waals surface area (Å²) in [6, 6.07) is 0. The molecular weight excluding hydrogens is 272 g/mol. The highest BCUT2D eigenvalue weighted by atomic mass is 32.2. The van der Waals surface area contributed by atoms with Crippen LogP contribution in [0.1, 0.15) is 10.7 Å². The Bertz CT molecular complexity index is 414. The molecule has 1 aromatic rings. The Morgan fingerprint density at radius 2 is 2.22 bits per heavy atom. The fraction of sp³-hybridized carbons (Fsp3) is 0.636. The lowest BCUT2D eigenvalue weighted by atomic mass is 10.3. The van der Waals surface area contributed by atoms with Crippen LogP contribution in [0.5, 0.6) is 0 Å². The summed E-state index contributed by atoms with van der Waals surface area (Å²) >= 11 is 3.11. The van der Waals surface area contributed by atoms with E-state index in [-0.39, 0.29) is 19.0 Å². The van der Waals surface area contributed by atoms with Crippen molar-refractivity contribution in [3.05, 3.63) is 16.1 Å². The van der Waals surface area contributed by atoms with E-state index >= 15 is 0 Å². The molecule has 1 amide bonds. The molecule has 1 fully saturated rings. The van der Waals surface area contributed by atoms with Crippen LogP contribution < -0.4 is 0 Å². The van der Waals surface area contributed by atoms with Gasteiger partial charge in [0.1, 0.15) is 0 Å². The minimum Gasteiger partial charge on any atom is -0.388 e. The van der Waals surface area contributed by atoms with E-state index in [4.69, 9.17) is 0 Å². The van der Waals surface area contributed by atoms with E-state index in [9.17, 15) is 15.0 Å². The Morgan fingerprint density at radius 3 is 2.78 bits per heavy atom. The SMILES string of the molecule is Cc1nc(CSCC(=O)N2CC(O)C(O)C2)cs1. The number of carbonyl (C=O) groups is 1. The van der Waals surface area contributed by atoms with Gasteiger partial charge in [0.15, 0.2) is 0 Å². The zero-order valence-electron chi connectivity index (χ0n) is 10.1. The van der Waals surface area contributed by atoms with Crippen LogP contribution in [0, 0.1) is 6.92 Å². The van der Waals surface area contributed by atoms with Gasteiger partial charge in [-0.2, -0.15) is 0 Å². The summed E-state index contributed by atoms with van der Waals surface area (Å²) < 4.78 is 0. The highest BCUT2D eigenvalue weighted by Crippen LogP contribution is 2.17. The quantitative estimate of drug-likeness (QED) is 0.831. The second kappa shape index (κ2) is 6.01. The van der Waals surface area contributed by atoms with Gasteiger partial charge in [0.05, 0.1) is 28.7 Å². The number of nitrogens with zero attached hydrogens (tertiary/aromatic N) is 2. The fourth-order valence-corrected chi connectivity index (χ4v) is 3.32. The molecular formula is C11H16N2O3S2. The van der Waals surface area contributed by atoms with Crippen LogP contribution in [-0.4, -0.2) is 57.1 Å². The van der Waals surface area contributed by atoms with E-state index in [1.807, 2.05) is 12.3 Å². The summed E-state index contributed by atoms with van der Waals surface area (Å²) in [6.45, 7) is 2.42. The van der Waals surface area contributed by atoms with E-state index in [1.54, 1.807) is 11.3 Å². The molecule has 18 heavy (non-hydrogen) atoms. The number of thioether (sulfide) groups is 1. The molecule has 0 aromatic carbocycles. The Labute approximate surface area is 114 Å². The van der Waals surface area contributed by atoms with Crippen LogP contribution in [0.4, 0.5) is 0 Å². The first-order valence-electron chi connectivity index (χ1n) is 5.69. The highest BCUT2D eigenvalue weighted by Gasteiger charge is 2.32. The number of rotatable bonds is 4. The number of β-amino-alcohol motifs (C(OH)–C–C–N with tert-alkyl or cyclic N) is 2. The number of carbonyl (C=O) groups excluding carboxylic acids is 1. The predicted molar refractivity (Wildman–Crippen MR) is 71.6 cm³/mol. The minimum atomic E-state index is -0.805. The Balaban J connectivity index is 1.72. The van der Waals surface area contributed by atoms with Gasteiger partial charge in [0.2, 0.25) is 5.91 Å². The van der Waals surface area contributed by atoms with Crippen LogP contribution in [0.2, 0.25) is 0 Å². The van der Waals surface area contributed by atoms with Crippen molar-refractivity contribution in [1.29, 1.82) is 0 Å². The molecule has 2 heterocycles. The number of aliphatic hydroxyl groups is 2. The number of likely N-dealkylation sites (tertiary alicyclic amines) is 1. The molecule has 2 unspecified atom stereocenters. The second-order valence-corrected chi connectivity index (χ2v) is 6.33. The first-order chi connectivity index (χ1) is 8.56. The molecule has 5 nitrogen and oxygen atoms in total. The molecule has 2 rings (SSSR count). The molecule has 1 aromatic heterocycles. The monoisotopic (exact) mass is 288 g/mol. The molecule has 1 aliphatic heterocycles. The van der Waals surface area contributed by atoms with Gasteiger partial charge in [-0.15, -0.1) is 23.1 Å². The van der Waals surface area contributed by atoms with E-state index in [0.29, 0.717) is 5.75 Å². The van der Waals surface area contributed by atoms with Gasteiger partial charge < -0.3 is 15.1 Å². The Hall–Kier alpha value is -0.630. The van der Waals surface area contributed by atoms with Crippen LogP contribution in [-0.2, 0) is 10.5 Å². The lowest BCUT2D eigenvalue weighted by Crippen LogP contribution is -2.31. The fourth-order valence-electron chi connectivity index (χ4n) is 1.78. The van der Waals surface area contributed by atoms with E-state index in [2.05, 4.69) is 4.98 Å². The highest BCUT2D eigenvalue weighted by molar-refractivity contribution is 7.99. The van der Waals surface area contributed by atoms with Crippen molar-refractivity contribution < 1.29 is 15.0 Å². The summed E-state index contributed by atoms with van der Waals surface area (Å²) in [6.07, 6.45) is -1.61. The summed E-state index contributed by atoms with van der Waals surface area (Å²) in [5, 5.41) is 21.8. The molecule has 1 aliphatic rings. The molecule has 1 saturated heterocycles. The van der Waals surface area contributed by atoms with Crippen molar-refractivity contribution in [3.63, 3.8) is 0 Å². The molecule has 0 spiro atoms. The molecule has 0 aliphatic carbocycles. The minimum absolute atomic E-state index is 0.0393. The summed E-state index contributed by atoms with van der Waals surface area (Å²) in [4.78, 5) is 17.6. The summed E-state index contributed by atoms with van der Waals surface area (Å²) in [7, 11) is 0. The van der Waals surface area contributed by atoms with Crippen molar-refractivity contribution in [2.75, 3.05) is 18.8 Å². The van der Waals surface area contributed by atoms with Crippen molar-refractivity contribution in [2.24, 2.45) is 0 Å². The van der Waals surface area contributed by atoms with Gasteiger partial charge in [-0.25, -0.2) is 4.98 Å². The lowest BCUT2D eigenvalue weighted by Gasteiger charge is -2.14. The van der Waals surface area contributed by atoms with Crippen LogP contribution in [0.15, 0.2) is 5.38 Å². The number of amides is 1. The van der Waals surface area contributed by atoms with Gasteiger partial charge >= 0.3 is 0 Å². The summed E-state index contributed by atoms with van der Waals surface area (Å²) in [5.41, 5.74) is 0.997. The van der Waals surface area contributed by atoms with E-state index in [0.717, 1.165) is 16.5 Å². The molecule has 2 N–H and O–H groups in total. The molecule has 0 bridgehead atoms. The van der Waals surface area contributed by atoms with Crippen molar-refractivity contribution in [1.82, 2.24) is 9.88 Å². The molecule has 100 valence electrons. The topological polar surface area (TPSA) is 73.7 Å². The third-order valence-electron chi connectivity index (χ3n) is 2.75. The third kappa shape index (κ3) is 3.44. The number of aliphatic hydroxyl groups excluding tert-OH is 2. The van der Waals surface area contributed by atoms with E-state index in [1.165, 1.54) is 16.7 Å². The van der Waals surface area contributed by atoms with Gasteiger partial charge in [-0.3, -0.25) is 4.79 Å². The van der Waals surface area contributed by atoms with Crippen LogP contribution in [0.25, 0.3) is 0 Å². The number of thiazole rings is 1. The van der Waals surface area contributed by atoms with E-state index < -0.39 is 12.2 Å². The smallest absolute Gasteiger partial charge is 0.232 e. The largest absolute Gasteiger partial charge is 0.388 e. The molecule has 0 radical (unpaired) electrons. The number of hydrogen-bond acceptors (Lipinski definition) is 6. The van der Waals surface area contributed by atoms with Gasteiger partial charge in [-0.1, -0.05) is 0 Å². The Kier molecular flexibility index (Phi) is 4.60. The zero-order valence-corrected chi connectivity index (χ0v) is 11.7. The van der Waals surface area contributed by atoms with Crippen molar-refractivity contribution in [3.8, 4) is 0 Å². The summed E-state index contributed by atoms with van der Waals surface area (Å²) in [5.74, 6) is 1.04. The predicted octanol–water partition coefficient (Wildman–Crippen LogP) is 0.249. The van der Waals surface area contributed by atoms with Gasteiger partial charge in [-0.05, 0) is 6.92 Å². The zero-order chi connectivity index (χ0) is 13.1. The maximum Gasteiger partial charge on any atom is 0.232 e. The van der Waals surface area contributed by atoms with Gasteiger partial charge in [0, 0.05) is 24.2 Å². The molecule has 7 heteroatoms. The number of hydrogen-bond donors (Lipinski definition) is 2. The standard InChI is InChI=1S/C11H16N2O3S2/c1-7-12-8(5-18-7)4-17-6-11(16)13-2-9(14)10(15)3-13/h5,9-10,14-15H,2-4,6H2,1H3.